The summed E-state index contributed by atoms with van der Waals surface area (Å²) in [5, 5.41) is 2.65. The summed E-state index contributed by atoms with van der Waals surface area (Å²) in [6.07, 6.45) is 8.73. The van der Waals surface area contributed by atoms with Crippen molar-refractivity contribution in [2.24, 2.45) is 17.8 Å². The molecule has 0 spiro atoms. The fourth-order valence-corrected chi connectivity index (χ4v) is 8.51. The highest BCUT2D eigenvalue weighted by molar-refractivity contribution is 9.10. The Labute approximate surface area is 186 Å². The molecule has 2 aromatic carbocycles. The molecule has 3 heteroatoms. The zero-order valence-corrected chi connectivity index (χ0v) is 21.4. The fourth-order valence-electron chi connectivity index (χ4n) is 7.17. The molecule has 4 saturated carbocycles. The quantitative estimate of drug-likeness (QED) is 0.416. The first-order valence-corrected chi connectivity index (χ1v) is 15.2. The largest absolute Gasteiger partial charge is 0.546 e. The maximum Gasteiger partial charge on any atom is 0.229 e. The van der Waals surface area contributed by atoms with Crippen LogP contribution in [0.1, 0.15) is 70.4 Å². The minimum Gasteiger partial charge on any atom is -0.546 e. The van der Waals surface area contributed by atoms with Crippen LogP contribution < -0.4 is 4.43 Å². The summed E-state index contributed by atoms with van der Waals surface area (Å²) in [6.45, 7) is 11.7. The van der Waals surface area contributed by atoms with E-state index in [2.05, 4.69) is 74.1 Å². The van der Waals surface area contributed by atoms with Gasteiger partial charge in [-0.05, 0) is 125 Å². The van der Waals surface area contributed by atoms with Gasteiger partial charge in [0.1, 0.15) is 5.75 Å². The van der Waals surface area contributed by atoms with Crippen LogP contribution in [0.25, 0.3) is 10.8 Å². The van der Waals surface area contributed by atoms with Crippen molar-refractivity contribution in [2.45, 2.75) is 83.2 Å². The maximum absolute atomic E-state index is 6.45. The Morgan fingerprint density at radius 2 is 1.55 bits per heavy atom. The summed E-state index contributed by atoms with van der Waals surface area (Å²) >= 11 is 3.79. The van der Waals surface area contributed by atoms with E-state index < -0.39 is 9.04 Å². The predicted molar refractivity (Wildman–Crippen MR) is 130 cm³/mol. The molecule has 0 radical (unpaired) electrons. The van der Waals surface area contributed by atoms with Gasteiger partial charge in [0.2, 0.25) is 9.04 Å². The van der Waals surface area contributed by atoms with Crippen LogP contribution in [0.15, 0.2) is 28.7 Å². The third kappa shape index (κ3) is 3.41. The zero-order chi connectivity index (χ0) is 20.6. The number of benzene rings is 2. The monoisotopic (exact) mass is 470 g/mol. The summed E-state index contributed by atoms with van der Waals surface area (Å²) in [5.41, 5.74) is 3.79. The van der Waals surface area contributed by atoms with Gasteiger partial charge in [0.25, 0.3) is 0 Å². The summed E-state index contributed by atoms with van der Waals surface area (Å²) in [7, 11) is -1.19. The van der Waals surface area contributed by atoms with Crippen molar-refractivity contribution in [1.29, 1.82) is 0 Å². The Morgan fingerprint density at radius 1 is 0.966 bits per heavy atom. The van der Waals surface area contributed by atoms with Gasteiger partial charge in [0.05, 0.1) is 4.47 Å². The lowest BCUT2D eigenvalue weighted by atomic mass is 9.47. The molecule has 0 aliphatic heterocycles. The highest BCUT2D eigenvalue weighted by Gasteiger charge is 2.52. The average Bonchev–Trinajstić information content (AvgIpc) is 2.61. The van der Waals surface area contributed by atoms with Crippen LogP contribution in [0.5, 0.6) is 5.75 Å². The van der Waals surface area contributed by atoms with Crippen molar-refractivity contribution in [2.75, 3.05) is 0 Å². The molecule has 0 saturated heterocycles. The number of rotatable bonds is 3. The molecule has 4 aliphatic rings. The maximum atomic E-state index is 6.45. The van der Waals surface area contributed by atoms with Gasteiger partial charge in [0, 0.05) is 5.39 Å². The SMILES string of the molecule is C[SiH](C)Oc1c(Br)ccc2cc(C(C)(C)C)c(C34CC5CC(CC(C5)C3)C4)cc12. The summed E-state index contributed by atoms with van der Waals surface area (Å²) < 4.78 is 7.55. The third-order valence-corrected chi connectivity index (χ3v) is 9.16. The van der Waals surface area contributed by atoms with E-state index in [4.69, 9.17) is 4.43 Å². The number of halogens is 1. The normalized spacial score (nSPS) is 31.1. The van der Waals surface area contributed by atoms with E-state index in [0.717, 1.165) is 28.0 Å². The zero-order valence-electron chi connectivity index (χ0n) is 18.6. The van der Waals surface area contributed by atoms with E-state index >= 15 is 0 Å². The highest BCUT2D eigenvalue weighted by atomic mass is 79.9. The first kappa shape index (κ1) is 20.1. The Hall–Kier alpha value is -0.803. The van der Waals surface area contributed by atoms with E-state index in [0.29, 0.717) is 5.41 Å². The molecule has 1 nitrogen and oxygen atoms in total. The van der Waals surface area contributed by atoms with E-state index in [1.54, 1.807) is 11.1 Å². The van der Waals surface area contributed by atoms with Crippen LogP contribution in [0.4, 0.5) is 0 Å². The van der Waals surface area contributed by atoms with Gasteiger partial charge >= 0.3 is 0 Å². The second-order valence-corrected chi connectivity index (χ2v) is 14.8. The Balaban J connectivity index is 1.75. The second-order valence-electron chi connectivity index (χ2n) is 11.6. The lowest BCUT2D eigenvalue weighted by Gasteiger charge is -2.58. The van der Waals surface area contributed by atoms with Gasteiger partial charge in [0.15, 0.2) is 0 Å². The summed E-state index contributed by atoms with van der Waals surface area (Å²) in [4.78, 5) is 0. The Morgan fingerprint density at radius 3 is 2.07 bits per heavy atom. The van der Waals surface area contributed by atoms with Crippen molar-refractivity contribution in [3.63, 3.8) is 0 Å². The average molecular weight is 472 g/mol. The predicted octanol–water partition coefficient (Wildman–Crippen LogP) is 7.73. The minimum absolute atomic E-state index is 0.160. The molecule has 0 aromatic heterocycles. The molecule has 6 rings (SSSR count). The lowest BCUT2D eigenvalue weighted by Crippen LogP contribution is -2.49. The van der Waals surface area contributed by atoms with Crippen LogP contribution >= 0.6 is 15.9 Å². The number of hydrogen-bond acceptors (Lipinski definition) is 1. The van der Waals surface area contributed by atoms with Crippen molar-refractivity contribution < 1.29 is 4.43 Å². The summed E-state index contributed by atoms with van der Waals surface area (Å²) in [6, 6.07) is 9.52. The van der Waals surface area contributed by atoms with E-state index in [1.807, 2.05) is 0 Å². The van der Waals surface area contributed by atoms with Crippen molar-refractivity contribution in [3.8, 4) is 5.75 Å². The van der Waals surface area contributed by atoms with Gasteiger partial charge in [-0.15, -0.1) is 0 Å². The molecule has 2 aromatic rings. The lowest BCUT2D eigenvalue weighted by molar-refractivity contribution is -0.00586. The van der Waals surface area contributed by atoms with Gasteiger partial charge < -0.3 is 4.43 Å². The van der Waals surface area contributed by atoms with Crippen molar-refractivity contribution >= 4 is 35.7 Å². The summed E-state index contributed by atoms with van der Waals surface area (Å²) in [5.74, 6) is 3.97. The molecule has 0 heterocycles. The Kier molecular flexibility index (Phi) is 4.75. The first-order chi connectivity index (χ1) is 13.6. The van der Waals surface area contributed by atoms with Crippen LogP contribution in [0, 0.1) is 17.8 Å². The van der Waals surface area contributed by atoms with Gasteiger partial charge in [-0.3, -0.25) is 0 Å². The molecular formula is C26H35BrOSi. The molecule has 29 heavy (non-hydrogen) atoms. The third-order valence-electron chi connectivity index (χ3n) is 7.83. The molecule has 0 unspecified atom stereocenters. The Bertz CT molecular complexity index is 920. The molecule has 0 N–H and O–H groups in total. The van der Waals surface area contributed by atoms with Crippen molar-refractivity contribution in [3.05, 3.63) is 39.9 Å². The van der Waals surface area contributed by atoms with Gasteiger partial charge in [-0.2, -0.15) is 0 Å². The molecule has 156 valence electrons. The number of fused-ring (bicyclic) bond motifs is 1. The second kappa shape index (κ2) is 6.85. The smallest absolute Gasteiger partial charge is 0.229 e. The molecule has 4 fully saturated rings. The van der Waals surface area contributed by atoms with E-state index in [-0.39, 0.29) is 5.41 Å². The van der Waals surface area contributed by atoms with Crippen LogP contribution in [0.3, 0.4) is 0 Å². The van der Waals surface area contributed by atoms with E-state index in [9.17, 15) is 0 Å². The molecule has 4 aliphatic carbocycles. The molecular weight excluding hydrogens is 436 g/mol. The number of hydrogen-bond donors (Lipinski definition) is 0. The minimum atomic E-state index is -1.19. The van der Waals surface area contributed by atoms with Gasteiger partial charge in [-0.1, -0.05) is 32.9 Å². The van der Waals surface area contributed by atoms with Crippen LogP contribution in [-0.2, 0) is 10.8 Å². The van der Waals surface area contributed by atoms with Crippen LogP contribution in [-0.4, -0.2) is 9.04 Å². The molecule has 0 amide bonds. The first-order valence-electron chi connectivity index (χ1n) is 11.6. The molecule has 4 bridgehead atoms. The van der Waals surface area contributed by atoms with Crippen molar-refractivity contribution in [1.82, 2.24) is 0 Å². The van der Waals surface area contributed by atoms with E-state index in [1.165, 1.54) is 49.3 Å². The molecule has 0 atom stereocenters. The highest BCUT2D eigenvalue weighted by Crippen LogP contribution is 2.62. The standard InChI is InChI=1S/C26H35BrOSi/c1-25(2,3)21-11-19-6-7-23(27)24(28-29(4)5)20(19)12-22(21)26-13-16-8-17(14-26)10-18(9-16)15-26/h6-7,11-12,16-18,29H,8-10,13-15H2,1-5H3. The van der Waals surface area contributed by atoms with Gasteiger partial charge in [-0.25, -0.2) is 0 Å². The fraction of sp³-hybridized carbons (Fsp3) is 0.615. The van der Waals surface area contributed by atoms with Crippen LogP contribution in [0.2, 0.25) is 13.1 Å². The topological polar surface area (TPSA) is 9.23 Å².